The van der Waals surface area contributed by atoms with E-state index in [-0.39, 0.29) is 17.8 Å². The van der Waals surface area contributed by atoms with Gasteiger partial charge in [-0.05, 0) is 58.1 Å². The molecule has 3 aromatic rings. The monoisotopic (exact) mass is 581 g/mol. The Morgan fingerprint density at radius 2 is 1.73 bits per heavy atom. The minimum atomic E-state index is 0.0113. The van der Waals surface area contributed by atoms with Crippen LogP contribution in [-0.2, 0) is 20.9 Å². The van der Waals surface area contributed by atoms with E-state index in [0.29, 0.717) is 26.1 Å². The van der Waals surface area contributed by atoms with Crippen molar-refractivity contribution in [1.29, 1.82) is 5.41 Å². The Hall–Kier alpha value is -3.86. The summed E-state index contributed by atoms with van der Waals surface area (Å²) in [5.74, 6) is 1.02. The van der Waals surface area contributed by atoms with Gasteiger partial charge in [-0.2, -0.15) is 0 Å². The Labute approximate surface area is 247 Å². The molecule has 0 aliphatic carbocycles. The predicted molar refractivity (Wildman–Crippen MR) is 167 cm³/mol. The summed E-state index contributed by atoms with van der Waals surface area (Å²) in [6.07, 6.45) is 5.12. The van der Waals surface area contributed by atoms with E-state index in [4.69, 9.17) is 15.9 Å². The zero-order valence-electron chi connectivity index (χ0n) is 24.0. The molecule has 1 atom stereocenters. The highest BCUT2D eigenvalue weighted by atomic mass is 32.1. The lowest BCUT2D eigenvalue weighted by Gasteiger charge is -2.18. The number of aldehydes is 2. The number of hydrogen-bond acceptors (Lipinski definition) is 8. The van der Waals surface area contributed by atoms with Crippen LogP contribution in [0.2, 0.25) is 0 Å². The fraction of sp³-hybridized carbons (Fsp3) is 0.355. The van der Waals surface area contributed by atoms with Crippen LogP contribution in [0.15, 0.2) is 78.2 Å². The molecule has 0 bridgehead atoms. The van der Waals surface area contributed by atoms with Gasteiger partial charge in [0.25, 0.3) is 0 Å². The largest absolute Gasteiger partial charge is 0.494 e. The number of carbonyl (C=O) groups excluding carboxylic acids is 3. The van der Waals surface area contributed by atoms with Crippen molar-refractivity contribution in [3.63, 3.8) is 0 Å². The Bertz CT molecular complexity index is 1090. The van der Waals surface area contributed by atoms with E-state index in [1.807, 2.05) is 85.2 Å². The van der Waals surface area contributed by atoms with Crippen molar-refractivity contribution in [2.24, 2.45) is 5.73 Å². The number of rotatable bonds is 11. The number of nitrogens with one attached hydrogen (secondary N) is 3. The van der Waals surface area contributed by atoms with Gasteiger partial charge in [0.1, 0.15) is 24.2 Å². The second-order valence-electron chi connectivity index (χ2n) is 8.92. The number of nitrogens with two attached hydrogens (primary N) is 1. The van der Waals surface area contributed by atoms with Crippen LogP contribution in [0.5, 0.6) is 5.75 Å². The Morgan fingerprint density at radius 1 is 1.10 bits per heavy atom. The third-order valence-electron chi connectivity index (χ3n) is 5.66. The summed E-state index contributed by atoms with van der Waals surface area (Å²) in [5, 5.41) is 14.7. The maximum Gasteiger partial charge on any atom is 0.237 e. The van der Waals surface area contributed by atoms with Crippen LogP contribution in [0.25, 0.3) is 0 Å². The van der Waals surface area contributed by atoms with Crippen molar-refractivity contribution in [3.8, 4) is 5.75 Å². The number of thiophene rings is 1. The highest BCUT2D eigenvalue weighted by molar-refractivity contribution is 7.10. The molecular weight excluding hydrogens is 538 g/mol. The number of unbranched alkanes of at least 4 members (excludes halogenated alkanes) is 1. The van der Waals surface area contributed by atoms with Gasteiger partial charge in [0, 0.05) is 22.2 Å². The molecule has 1 aliphatic heterocycles. The lowest BCUT2D eigenvalue weighted by molar-refractivity contribution is -0.125. The number of carbonyl (C=O) groups is 3. The second kappa shape index (κ2) is 22.9. The molecule has 1 fully saturated rings. The van der Waals surface area contributed by atoms with Crippen molar-refractivity contribution < 1.29 is 19.1 Å². The topological polar surface area (TPSA) is 138 Å². The van der Waals surface area contributed by atoms with E-state index in [2.05, 4.69) is 15.5 Å². The lowest BCUT2D eigenvalue weighted by atomic mass is 10.2. The molecular formula is C31H43N5O4S. The first-order valence-electron chi connectivity index (χ1n) is 13.5. The van der Waals surface area contributed by atoms with Crippen molar-refractivity contribution in [2.45, 2.75) is 38.3 Å². The van der Waals surface area contributed by atoms with Gasteiger partial charge >= 0.3 is 0 Å². The summed E-state index contributed by atoms with van der Waals surface area (Å²) in [5.41, 5.74) is 6.12. The summed E-state index contributed by atoms with van der Waals surface area (Å²) in [6.45, 7) is 2.58. The maximum absolute atomic E-state index is 12.0. The molecule has 1 unspecified atom stereocenters. The molecule has 4 rings (SSSR count). The number of hydrogen-bond donors (Lipinski definition) is 4. The standard InChI is InChI=1S/C12H18N4OS.C10H12O2.C6H6.C3H7NO/c1-16-4-2-3-10(16)12(17)15-6-9-5-8(7-18-9)11(13)14;11-8-4-5-9-12-10-6-2-1-3-7-10;1-2-4-6-5-3-1;1-4-2-3-5/h5,7,10H,2-4,6H2,1H3,(H3,13,14)(H,15,17);1-3,6-8H,4-5,9H2;1-6H;3-4H,2H2,1H3. The molecule has 2 heterocycles. The van der Waals surface area contributed by atoms with Crippen LogP contribution < -0.4 is 21.1 Å². The van der Waals surface area contributed by atoms with Gasteiger partial charge in [-0.3, -0.25) is 15.1 Å². The molecule has 1 saturated heterocycles. The zero-order valence-corrected chi connectivity index (χ0v) is 24.8. The molecule has 5 N–H and O–H groups in total. The molecule has 1 aromatic heterocycles. The number of amides is 1. The molecule has 222 valence electrons. The van der Waals surface area contributed by atoms with E-state index in [1.54, 1.807) is 7.05 Å². The van der Waals surface area contributed by atoms with Crippen LogP contribution in [-0.4, -0.2) is 69.0 Å². The fourth-order valence-electron chi connectivity index (χ4n) is 3.49. The molecule has 41 heavy (non-hydrogen) atoms. The van der Waals surface area contributed by atoms with Gasteiger partial charge in [-0.25, -0.2) is 0 Å². The van der Waals surface area contributed by atoms with Crippen LogP contribution in [0, 0.1) is 5.41 Å². The highest BCUT2D eigenvalue weighted by Crippen LogP contribution is 2.17. The third-order valence-corrected chi connectivity index (χ3v) is 6.59. The zero-order chi connectivity index (χ0) is 30.1. The molecule has 10 heteroatoms. The number of nitrogens with zero attached hydrogens (tertiary/aromatic N) is 1. The fourth-order valence-corrected chi connectivity index (χ4v) is 4.31. The number of likely N-dealkylation sites (tertiary alicyclic amines) is 1. The van der Waals surface area contributed by atoms with Gasteiger partial charge in [-0.1, -0.05) is 54.6 Å². The van der Waals surface area contributed by atoms with Gasteiger partial charge in [0.15, 0.2) is 0 Å². The lowest BCUT2D eigenvalue weighted by Crippen LogP contribution is -2.40. The third kappa shape index (κ3) is 16.8. The SMILES string of the molecule is CN1CCCC1C(=O)NCc1cc(C(=N)N)cs1.CNCC=O.O=CCCCOc1ccccc1.c1ccccc1. The van der Waals surface area contributed by atoms with E-state index in [1.165, 1.54) is 11.3 Å². The summed E-state index contributed by atoms with van der Waals surface area (Å²) in [4.78, 5) is 34.4. The van der Waals surface area contributed by atoms with E-state index in [0.717, 1.165) is 54.6 Å². The van der Waals surface area contributed by atoms with Crippen molar-refractivity contribution in [1.82, 2.24) is 15.5 Å². The second-order valence-corrected chi connectivity index (χ2v) is 9.92. The molecule has 0 spiro atoms. The number of para-hydroxylation sites is 1. The Kier molecular flexibility index (Phi) is 19.6. The molecule has 1 aliphatic rings. The Morgan fingerprint density at radius 3 is 2.20 bits per heavy atom. The number of ether oxygens (including phenoxy) is 1. The van der Waals surface area contributed by atoms with Crippen LogP contribution >= 0.6 is 11.3 Å². The van der Waals surface area contributed by atoms with Crippen LogP contribution in [0.3, 0.4) is 0 Å². The van der Waals surface area contributed by atoms with Gasteiger partial charge in [0.2, 0.25) is 5.91 Å². The van der Waals surface area contributed by atoms with Gasteiger partial charge in [-0.15, -0.1) is 11.3 Å². The average molecular weight is 582 g/mol. The minimum absolute atomic E-state index is 0.0113. The van der Waals surface area contributed by atoms with Crippen molar-refractivity contribution in [3.05, 3.63) is 88.6 Å². The Balaban J connectivity index is 0.000000312. The summed E-state index contributed by atoms with van der Waals surface area (Å²) in [6, 6.07) is 23.5. The van der Waals surface area contributed by atoms with E-state index >= 15 is 0 Å². The molecule has 9 nitrogen and oxygen atoms in total. The van der Waals surface area contributed by atoms with E-state index in [9.17, 15) is 14.4 Å². The highest BCUT2D eigenvalue weighted by Gasteiger charge is 2.27. The summed E-state index contributed by atoms with van der Waals surface area (Å²) in [7, 11) is 3.71. The smallest absolute Gasteiger partial charge is 0.237 e. The molecule has 1 amide bonds. The van der Waals surface area contributed by atoms with Gasteiger partial charge in [0.05, 0.1) is 25.7 Å². The van der Waals surface area contributed by atoms with Crippen LogP contribution in [0.1, 0.15) is 36.1 Å². The molecule has 0 saturated carbocycles. The normalized spacial score (nSPS) is 13.6. The molecule has 2 aromatic carbocycles. The summed E-state index contributed by atoms with van der Waals surface area (Å²) >= 11 is 1.51. The number of likely N-dealkylation sites (N-methyl/N-ethyl adjacent to an activating group) is 2. The predicted octanol–water partition coefficient (Wildman–Crippen LogP) is 3.88. The minimum Gasteiger partial charge on any atom is -0.494 e. The molecule has 0 radical (unpaired) electrons. The van der Waals surface area contributed by atoms with E-state index < -0.39 is 0 Å². The van der Waals surface area contributed by atoms with Crippen molar-refractivity contribution >= 4 is 35.7 Å². The first-order valence-corrected chi connectivity index (χ1v) is 14.4. The maximum atomic E-state index is 12.0. The number of benzene rings is 2. The number of amidine groups is 1. The van der Waals surface area contributed by atoms with Crippen LogP contribution in [0.4, 0.5) is 0 Å². The summed E-state index contributed by atoms with van der Waals surface area (Å²) < 4.78 is 5.35. The van der Waals surface area contributed by atoms with Crippen molar-refractivity contribution in [2.75, 3.05) is 33.8 Å². The first-order chi connectivity index (χ1) is 19.9. The quantitative estimate of drug-likeness (QED) is 0.117. The average Bonchev–Trinajstić information content (AvgIpc) is 3.66. The van der Waals surface area contributed by atoms with Gasteiger partial charge < -0.3 is 30.7 Å². The number of nitrogen functional groups attached to an aromatic ring is 1. The first kappa shape index (κ1) is 35.2.